The summed E-state index contributed by atoms with van der Waals surface area (Å²) in [5.41, 5.74) is 3.68. The number of methoxy groups -OCH3 is 1. The summed E-state index contributed by atoms with van der Waals surface area (Å²) >= 11 is 0. The van der Waals surface area contributed by atoms with Crippen molar-refractivity contribution in [3.8, 4) is 11.8 Å². The van der Waals surface area contributed by atoms with Gasteiger partial charge in [-0.1, -0.05) is 6.07 Å². The summed E-state index contributed by atoms with van der Waals surface area (Å²) in [6.45, 7) is 4.07. The Morgan fingerprint density at radius 1 is 1.31 bits per heavy atom. The first kappa shape index (κ1) is 10.4. The van der Waals surface area contributed by atoms with Crippen LogP contribution in [0.3, 0.4) is 0 Å². The molecule has 0 unspecified atom stereocenters. The van der Waals surface area contributed by atoms with Crippen LogP contribution in [0.1, 0.15) is 16.7 Å². The van der Waals surface area contributed by atoms with Crippen molar-refractivity contribution in [1.82, 2.24) is 4.98 Å². The molecule has 0 saturated carbocycles. The van der Waals surface area contributed by atoms with Crippen LogP contribution in [0.4, 0.5) is 0 Å². The summed E-state index contributed by atoms with van der Waals surface area (Å²) in [5.74, 6) is 0.607. The van der Waals surface area contributed by atoms with E-state index < -0.39 is 0 Å². The average molecular weight is 212 g/mol. The third kappa shape index (κ3) is 1.40. The molecular formula is C13H12N2O. The second-order valence-corrected chi connectivity index (χ2v) is 3.72. The van der Waals surface area contributed by atoms with Gasteiger partial charge in [-0.25, -0.2) is 0 Å². The first-order valence-corrected chi connectivity index (χ1v) is 5.02. The monoisotopic (exact) mass is 212 g/mol. The summed E-state index contributed by atoms with van der Waals surface area (Å²) in [7, 11) is 1.57. The molecule has 0 bridgehead atoms. The molecule has 0 aliphatic heterocycles. The van der Waals surface area contributed by atoms with Crippen LogP contribution in [0.2, 0.25) is 0 Å². The van der Waals surface area contributed by atoms with Gasteiger partial charge >= 0.3 is 0 Å². The lowest BCUT2D eigenvalue weighted by Gasteiger charge is -2.09. The molecule has 0 saturated heterocycles. The van der Waals surface area contributed by atoms with Gasteiger partial charge < -0.3 is 4.74 Å². The van der Waals surface area contributed by atoms with Gasteiger partial charge in [-0.05, 0) is 31.0 Å². The predicted molar refractivity (Wildman–Crippen MR) is 62.5 cm³/mol. The molecule has 1 heterocycles. The number of aromatic nitrogens is 1. The Bertz CT molecular complexity index is 597. The molecule has 80 valence electrons. The van der Waals surface area contributed by atoms with E-state index in [1.54, 1.807) is 13.3 Å². The largest absolute Gasteiger partial charge is 0.495 e. The van der Waals surface area contributed by atoms with E-state index in [1.807, 2.05) is 26.0 Å². The molecule has 0 fully saturated rings. The van der Waals surface area contributed by atoms with E-state index in [-0.39, 0.29) is 0 Å². The minimum Gasteiger partial charge on any atom is -0.495 e. The minimum atomic E-state index is 0.471. The molecule has 1 aromatic heterocycles. The van der Waals surface area contributed by atoms with Crippen molar-refractivity contribution in [2.75, 3.05) is 7.11 Å². The Morgan fingerprint density at radius 3 is 2.69 bits per heavy atom. The van der Waals surface area contributed by atoms with Gasteiger partial charge in [0.1, 0.15) is 17.4 Å². The van der Waals surface area contributed by atoms with E-state index >= 15 is 0 Å². The maximum absolute atomic E-state index is 8.96. The predicted octanol–water partition coefficient (Wildman–Crippen LogP) is 2.73. The molecule has 0 aliphatic rings. The second kappa shape index (κ2) is 3.82. The van der Waals surface area contributed by atoms with Crippen LogP contribution < -0.4 is 4.74 Å². The Morgan fingerprint density at radius 2 is 2.06 bits per heavy atom. The standard InChI is InChI=1S/C13H12N2O/c1-8-4-5-11-12(9(8)2)15-7-10(6-14)13(11)16-3/h4-5,7H,1-3H3. The van der Waals surface area contributed by atoms with Crippen molar-refractivity contribution in [2.45, 2.75) is 13.8 Å². The van der Waals surface area contributed by atoms with Crippen LogP contribution in [0.15, 0.2) is 18.3 Å². The number of rotatable bonds is 1. The van der Waals surface area contributed by atoms with E-state index in [2.05, 4.69) is 11.1 Å². The van der Waals surface area contributed by atoms with Crippen LogP contribution in [0.5, 0.6) is 5.75 Å². The zero-order valence-corrected chi connectivity index (χ0v) is 9.53. The molecule has 0 radical (unpaired) electrons. The number of fused-ring (bicyclic) bond motifs is 1. The number of pyridine rings is 1. The minimum absolute atomic E-state index is 0.471. The van der Waals surface area contributed by atoms with E-state index in [9.17, 15) is 0 Å². The van der Waals surface area contributed by atoms with Crippen molar-refractivity contribution >= 4 is 10.9 Å². The third-order valence-electron chi connectivity index (χ3n) is 2.84. The van der Waals surface area contributed by atoms with Crippen LogP contribution in [0, 0.1) is 25.2 Å². The average Bonchev–Trinajstić information content (AvgIpc) is 2.32. The van der Waals surface area contributed by atoms with Crippen molar-refractivity contribution < 1.29 is 4.74 Å². The van der Waals surface area contributed by atoms with Gasteiger partial charge in [0.05, 0.1) is 12.6 Å². The van der Waals surface area contributed by atoms with Gasteiger partial charge in [0.15, 0.2) is 0 Å². The highest BCUT2D eigenvalue weighted by Crippen LogP contribution is 2.30. The summed E-state index contributed by atoms with van der Waals surface area (Å²) in [6, 6.07) is 6.05. The van der Waals surface area contributed by atoms with Crippen LogP contribution in [-0.2, 0) is 0 Å². The number of hydrogen-bond donors (Lipinski definition) is 0. The number of hydrogen-bond acceptors (Lipinski definition) is 3. The topological polar surface area (TPSA) is 45.9 Å². The molecule has 0 spiro atoms. The number of nitriles is 1. The van der Waals surface area contributed by atoms with Crippen molar-refractivity contribution in [3.63, 3.8) is 0 Å². The quantitative estimate of drug-likeness (QED) is 0.730. The molecule has 0 N–H and O–H groups in total. The van der Waals surface area contributed by atoms with Crippen molar-refractivity contribution in [2.24, 2.45) is 0 Å². The van der Waals surface area contributed by atoms with Gasteiger partial charge in [0, 0.05) is 11.6 Å². The lowest BCUT2D eigenvalue weighted by Crippen LogP contribution is -1.94. The van der Waals surface area contributed by atoms with Crippen molar-refractivity contribution in [3.05, 3.63) is 35.0 Å². The Balaban J connectivity index is 2.91. The molecule has 0 amide bonds. The fourth-order valence-corrected chi connectivity index (χ4v) is 1.78. The van der Waals surface area contributed by atoms with E-state index in [4.69, 9.17) is 10.00 Å². The molecule has 2 rings (SSSR count). The smallest absolute Gasteiger partial charge is 0.147 e. The summed E-state index contributed by atoms with van der Waals surface area (Å²) in [6.07, 6.45) is 1.56. The fraction of sp³-hybridized carbons (Fsp3) is 0.231. The van der Waals surface area contributed by atoms with Gasteiger partial charge in [0.2, 0.25) is 0 Å². The second-order valence-electron chi connectivity index (χ2n) is 3.72. The zero-order valence-electron chi connectivity index (χ0n) is 9.53. The Kier molecular flexibility index (Phi) is 2.49. The SMILES string of the molecule is COc1c(C#N)cnc2c(C)c(C)ccc12. The van der Waals surface area contributed by atoms with Gasteiger partial charge in [-0.2, -0.15) is 5.26 Å². The fourth-order valence-electron chi connectivity index (χ4n) is 1.78. The number of benzene rings is 1. The van der Waals surface area contributed by atoms with Gasteiger partial charge in [0.25, 0.3) is 0 Å². The summed E-state index contributed by atoms with van der Waals surface area (Å²) in [5, 5.41) is 9.86. The zero-order chi connectivity index (χ0) is 11.7. The van der Waals surface area contributed by atoms with Crippen LogP contribution >= 0.6 is 0 Å². The van der Waals surface area contributed by atoms with Crippen LogP contribution in [0.25, 0.3) is 10.9 Å². The molecule has 16 heavy (non-hydrogen) atoms. The first-order valence-electron chi connectivity index (χ1n) is 5.02. The molecule has 0 aliphatic carbocycles. The lowest BCUT2D eigenvalue weighted by atomic mass is 10.0. The molecule has 3 heteroatoms. The van der Waals surface area contributed by atoms with Gasteiger partial charge in [-0.3, -0.25) is 4.98 Å². The summed E-state index contributed by atoms with van der Waals surface area (Å²) < 4.78 is 5.28. The van der Waals surface area contributed by atoms with E-state index in [0.29, 0.717) is 11.3 Å². The Labute approximate surface area is 94.3 Å². The Hall–Kier alpha value is -2.08. The maximum atomic E-state index is 8.96. The number of ether oxygens (including phenoxy) is 1. The lowest BCUT2D eigenvalue weighted by molar-refractivity contribution is 0.418. The molecule has 1 aromatic carbocycles. The molecular weight excluding hydrogens is 200 g/mol. The highest BCUT2D eigenvalue weighted by molar-refractivity contribution is 5.90. The van der Waals surface area contributed by atoms with Crippen molar-refractivity contribution in [1.29, 1.82) is 5.26 Å². The first-order chi connectivity index (χ1) is 7.69. The third-order valence-corrected chi connectivity index (χ3v) is 2.84. The molecule has 0 atom stereocenters. The summed E-state index contributed by atoms with van der Waals surface area (Å²) in [4.78, 5) is 4.32. The van der Waals surface area contributed by atoms with Crippen LogP contribution in [-0.4, -0.2) is 12.1 Å². The van der Waals surface area contributed by atoms with Gasteiger partial charge in [-0.15, -0.1) is 0 Å². The molecule has 2 aromatic rings. The highest BCUT2D eigenvalue weighted by Gasteiger charge is 2.11. The van der Waals surface area contributed by atoms with E-state index in [1.165, 1.54) is 5.56 Å². The number of aryl methyl sites for hydroxylation is 2. The van der Waals surface area contributed by atoms with E-state index in [0.717, 1.165) is 16.5 Å². The highest BCUT2D eigenvalue weighted by atomic mass is 16.5. The number of nitrogens with zero attached hydrogens (tertiary/aromatic N) is 2. The maximum Gasteiger partial charge on any atom is 0.147 e. The normalized spacial score (nSPS) is 10.1. The molecule has 3 nitrogen and oxygen atoms in total.